The number of hydrogen-bond acceptors (Lipinski definition) is 6. The van der Waals surface area contributed by atoms with Crippen molar-refractivity contribution in [1.29, 1.82) is 5.26 Å². The highest BCUT2D eigenvalue weighted by molar-refractivity contribution is 7.89. The minimum absolute atomic E-state index is 0.115. The minimum atomic E-state index is -3.95. The van der Waals surface area contributed by atoms with Gasteiger partial charge in [0, 0.05) is 61.3 Å². The third-order valence-corrected chi connectivity index (χ3v) is 10.2. The summed E-state index contributed by atoms with van der Waals surface area (Å²) in [4.78, 5) is 17.8. The SMILES string of the molecule is Cc1c[nH]c(=O)c2cccc(S(=O)(=O)N3CCC4=C3C=C(C#N)C=C(NCCN3C[C@H]5CC[C@@H]3C5)C4)c12. The highest BCUT2D eigenvalue weighted by Gasteiger charge is 2.37. The lowest BCUT2D eigenvalue weighted by Crippen LogP contribution is -2.37. The fourth-order valence-electron chi connectivity index (χ4n) is 6.54. The van der Waals surface area contributed by atoms with Crippen molar-refractivity contribution in [2.75, 3.05) is 26.2 Å². The van der Waals surface area contributed by atoms with Crippen LogP contribution in [-0.4, -0.2) is 54.8 Å². The number of aryl methyl sites for hydroxylation is 1. The zero-order valence-corrected chi connectivity index (χ0v) is 21.8. The lowest BCUT2D eigenvalue weighted by atomic mass is 10.1. The maximum Gasteiger partial charge on any atom is 0.264 e. The molecular formula is C28H31N5O3S. The van der Waals surface area contributed by atoms with Gasteiger partial charge in [-0.25, -0.2) is 8.42 Å². The van der Waals surface area contributed by atoms with Crippen LogP contribution in [0.2, 0.25) is 0 Å². The summed E-state index contributed by atoms with van der Waals surface area (Å²) in [5, 5.41) is 14.1. The number of H-pyrrole nitrogens is 1. The topological polar surface area (TPSA) is 109 Å². The molecule has 2 atom stereocenters. The average Bonchev–Trinajstić information content (AvgIpc) is 3.59. The maximum atomic E-state index is 14.0. The Morgan fingerprint density at radius 1 is 1.24 bits per heavy atom. The van der Waals surface area contributed by atoms with Crippen LogP contribution in [0, 0.1) is 24.2 Å². The summed E-state index contributed by atoms with van der Waals surface area (Å²) in [5.74, 6) is 0.859. The molecule has 0 radical (unpaired) electrons. The van der Waals surface area contributed by atoms with Crippen LogP contribution in [-0.2, 0) is 10.0 Å². The van der Waals surface area contributed by atoms with E-state index in [9.17, 15) is 18.5 Å². The van der Waals surface area contributed by atoms with E-state index in [1.807, 2.05) is 6.08 Å². The van der Waals surface area contributed by atoms with Gasteiger partial charge >= 0.3 is 0 Å². The number of nitrogens with zero attached hydrogens (tertiary/aromatic N) is 3. The van der Waals surface area contributed by atoms with Gasteiger partial charge in [-0.3, -0.25) is 14.0 Å². The largest absolute Gasteiger partial charge is 0.387 e. The average molecular weight is 518 g/mol. The van der Waals surface area contributed by atoms with E-state index in [1.54, 1.807) is 37.4 Å². The third kappa shape index (κ3) is 4.18. The minimum Gasteiger partial charge on any atom is -0.387 e. The Hall–Kier alpha value is -3.35. The molecule has 192 valence electrons. The number of aromatic amines is 1. The Labute approximate surface area is 217 Å². The molecule has 0 spiro atoms. The van der Waals surface area contributed by atoms with Crippen LogP contribution >= 0.6 is 0 Å². The normalized spacial score (nSPS) is 23.6. The number of fused-ring (bicyclic) bond motifs is 3. The number of rotatable bonds is 6. The van der Waals surface area contributed by atoms with Crippen molar-refractivity contribution in [3.8, 4) is 6.07 Å². The van der Waals surface area contributed by atoms with Gasteiger partial charge in [0.05, 0.1) is 22.2 Å². The van der Waals surface area contributed by atoms with E-state index in [4.69, 9.17) is 0 Å². The van der Waals surface area contributed by atoms with E-state index in [2.05, 4.69) is 21.3 Å². The van der Waals surface area contributed by atoms with Crippen LogP contribution in [0.4, 0.5) is 0 Å². The quantitative estimate of drug-likeness (QED) is 0.609. The second-order valence-corrected chi connectivity index (χ2v) is 12.4. The van der Waals surface area contributed by atoms with Crippen LogP contribution in [0.15, 0.2) is 68.8 Å². The first-order valence-electron chi connectivity index (χ1n) is 13.0. The highest BCUT2D eigenvalue weighted by Crippen LogP contribution is 2.38. The Morgan fingerprint density at radius 3 is 2.86 bits per heavy atom. The molecule has 8 nitrogen and oxygen atoms in total. The molecule has 2 fully saturated rings. The van der Waals surface area contributed by atoms with Crippen molar-refractivity contribution in [2.24, 2.45) is 5.92 Å². The summed E-state index contributed by atoms with van der Waals surface area (Å²) >= 11 is 0. The van der Waals surface area contributed by atoms with Gasteiger partial charge in [0.15, 0.2) is 0 Å². The molecule has 4 aliphatic rings. The molecule has 0 unspecified atom stereocenters. The number of nitriles is 1. The number of likely N-dealkylation sites (tertiary alicyclic amines) is 1. The second-order valence-electron chi connectivity index (χ2n) is 10.6. The van der Waals surface area contributed by atoms with Crippen molar-refractivity contribution in [3.63, 3.8) is 0 Å². The Morgan fingerprint density at radius 2 is 2.11 bits per heavy atom. The summed E-state index contributed by atoms with van der Waals surface area (Å²) in [5.41, 5.74) is 3.33. The molecule has 3 heterocycles. The third-order valence-electron chi connectivity index (χ3n) is 8.33. The summed E-state index contributed by atoms with van der Waals surface area (Å²) in [6.07, 6.45) is 10.3. The molecule has 2 bridgehead atoms. The summed E-state index contributed by atoms with van der Waals surface area (Å²) in [6.45, 7) is 5.08. The molecule has 1 saturated heterocycles. The van der Waals surface area contributed by atoms with E-state index in [0.717, 1.165) is 36.3 Å². The van der Waals surface area contributed by atoms with Crippen LogP contribution in [0.1, 0.15) is 37.7 Å². The lowest BCUT2D eigenvalue weighted by Gasteiger charge is -2.27. The van der Waals surface area contributed by atoms with Gasteiger partial charge in [-0.2, -0.15) is 5.26 Å². The molecule has 6 rings (SSSR count). The molecule has 1 aromatic carbocycles. The molecule has 37 heavy (non-hydrogen) atoms. The van der Waals surface area contributed by atoms with Crippen molar-refractivity contribution in [3.05, 3.63) is 75.0 Å². The Kier molecular flexibility index (Phi) is 5.97. The molecular weight excluding hydrogens is 486 g/mol. The number of sulfonamides is 1. The first-order chi connectivity index (χ1) is 17.8. The zero-order chi connectivity index (χ0) is 25.7. The molecule has 1 saturated carbocycles. The van der Waals surface area contributed by atoms with Gasteiger partial charge in [-0.1, -0.05) is 6.07 Å². The molecule has 2 aromatic rings. The van der Waals surface area contributed by atoms with Gasteiger partial charge in [0.2, 0.25) is 0 Å². The maximum absolute atomic E-state index is 14.0. The van der Waals surface area contributed by atoms with Crippen molar-refractivity contribution in [1.82, 2.24) is 19.5 Å². The summed E-state index contributed by atoms with van der Waals surface area (Å²) in [7, 11) is -3.95. The predicted octanol–water partition coefficient (Wildman–Crippen LogP) is 3.30. The number of allylic oxidation sites excluding steroid dienone is 4. The van der Waals surface area contributed by atoms with E-state index in [-0.39, 0.29) is 10.5 Å². The molecule has 9 heteroatoms. The van der Waals surface area contributed by atoms with Crippen LogP contribution < -0.4 is 10.9 Å². The number of nitrogens with one attached hydrogen (secondary N) is 2. The fourth-order valence-corrected chi connectivity index (χ4v) is 8.33. The number of aromatic nitrogens is 1. The van der Waals surface area contributed by atoms with E-state index >= 15 is 0 Å². The zero-order valence-electron chi connectivity index (χ0n) is 21.0. The predicted molar refractivity (Wildman–Crippen MR) is 142 cm³/mol. The Bertz CT molecular complexity index is 1580. The van der Waals surface area contributed by atoms with Crippen molar-refractivity contribution < 1.29 is 8.42 Å². The molecule has 2 aliphatic heterocycles. The van der Waals surface area contributed by atoms with E-state index in [1.165, 1.54) is 30.1 Å². The van der Waals surface area contributed by atoms with E-state index in [0.29, 0.717) is 47.0 Å². The molecule has 1 aromatic heterocycles. The second kappa shape index (κ2) is 9.19. The standard InChI is InChI=1S/C28H31N5O3S/c1-18-16-31-28(34)24-3-2-4-26(27(18)24)37(35,36)33-9-7-21-14-22(11-20(15-29)13-25(21)33)30-8-10-32-17-19-5-6-23(32)12-19/h2-4,11,13,16,19,23,30H,5-10,12,14,17H2,1H3,(H,31,34)/t19-,23+/m0/s1. The van der Waals surface area contributed by atoms with Gasteiger partial charge in [-0.05, 0) is 73.9 Å². The molecule has 2 N–H and O–H groups in total. The van der Waals surface area contributed by atoms with Gasteiger partial charge in [0.1, 0.15) is 0 Å². The monoisotopic (exact) mass is 517 g/mol. The van der Waals surface area contributed by atoms with Crippen molar-refractivity contribution in [2.45, 2.75) is 50.0 Å². The summed E-state index contributed by atoms with van der Waals surface area (Å²) in [6, 6.07) is 7.76. The van der Waals surface area contributed by atoms with E-state index < -0.39 is 10.0 Å². The molecule has 0 amide bonds. The number of hydrogen-bond donors (Lipinski definition) is 2. The van der Waals surface area contributed by atoms with Crippen LogP contribution in [0.25, 0.3) is 10.8 Å². The number of benzene rings is 1. The first-order valence-corrected chi connectivity index (χ1v) is 14.4. The number of piperidine rings is 1. The van der Waals surface area contributed by atoms with Crippen LogP contribution in [0.3, 0.4) is 0 Å². The van der Waals surface area contributed by atoms with Crippen molar-refractivity contribution >= 4 is 20.8 Å². The van der Waals surface area contributed by atoms with Gasteiger partial charge in [0.25, 0.3) is 15.6 Å². The van der Waals surface area contributed by atoms with Gasteiger partial charge < -0.3 is 10.3 Å². The number of pyridine rings is 1. The Balaban J connectivity index is 1.27. The highest BCUT2D eigenvalue weighted by atomic mass is 32.2. The summed E-state index contributed by atoms with van der Waals surface area (Å²) < 4.78 is 29.3. The van der Waals surface area contributed by atoms with Gasteiger partial charge in [-0.15, -0.1) is 0 Å². The first kappa shape index (κ1) is 24.0. The smallest absolute Gasteiger partial charge is 0.264 e. The molecule has 2 aliphatic carbocycles. The fraction of sp³-hybridized carbons (Fsp3) is 0.429. The lowest BCUT2D eigenvalue weighted by molar-refractivity contribution is 0.216. The van der Waals surface area contributed by atoms with Crippen LogP contribution in [0.5, 0.6) is 0 Å².